The predicted octanol–water partition coefficient (Wildman–Crippen LogP) is 4.53. The first-order valence-corrected chi connectivity index (χ1v) is 10.2. The number of aliphatic hydroxyl groups excluding tert-OH is 1. The summed E-state index contributed by atoms with van der Waals surface area (Å²) in [6.45, 7) is 3.63. The van der Waals surface area contributed by atoms with E-state index in [4.69, 9.17) is 4.52 Å². The molecule has 130 valence electrons. The maximum absolute atomic E-state index is 13.6. The van der Waals surface area contributed by atoms with Crippen LogP contribution in [0.4, 0.5) is 5.69 Å². The van der Waals surface area contributed by atoms with Crippen LogP contribution in [0, 0.1) is 0 Å². The Morgan fingerprint density at radius 3 is 2.04 bits per heavy atom. The van der Waals surface area contributed by atoms with Crippen molar-refractivity contribution >= 4 is 34.3 Å². The van der Waals surface area contributed by atoms with Gasteiger partial charge in [-0.1, -0.05) is 28.1 Å². The van der Waals surface area contributed by atoms with Gasteiger partial charge in [0.25, 0.3) is 7.37 Å². The molecule has 0 saturated carbocycles. The molecule has 0 heterocycles. The molecule has 0 aliphatic carbocycles. The Morgan fingerprint density at radius 2 is 1.58 bits per heavy atom. The SMILES string of the molecule is CC(C)O[P@](=O)(c1ccc(N(C)C)cc1)[C@@H](O)c1ccc(Br)cc1. The van der Waals surface area contributed by atoms with Crippen molar-refractivity contribution in [2.75, 3.05) is 19.0 Å². The lowest BCUT2D eigenvalue weighted by atomic mass is 10.2. The quantitative estimate of drug-likeness (QED) is 0.709. The van der Waals surface area contributed by atoms with Crippen LogP contribution in [0.1, 0.15) is 25.3 Å². The summed E-state index contributed by atoms with van der Waals surface area (Å²) in [5.41, 5.74) is 1.56. The molecule has 1 N–H and O–H groups in total. The summed E-state index contributed by atoms with van der Waals surface area (Å²) in [4.78, 5) is 1.96. The second kappa shape index (κ2) is 7.83. The summed E-state index contributed by atoms with van der Waals surface area (Å²) in [6.07, 6.45) is -0.269. The van der Waals surface area contributed by atoms with Crippen LogP contribution in [-0.4, -0.2) is 25.3 Å². The molecule has 24 heavy (non-hydrogen) atoms. The highest BCUT2D eigenvalue weighted by molar-refractivity contribution is 9.10. The summed E-state index contributed by atoms with van der Waals surface area (Å²) in [7, 11) is 0.396. The molecule has 0 bridgehead atoms. The van der Waals surface area contributed by atoms with E-state index >= 15 is 0 Å². The summed E-state index contributed by atoms with van der Waals surface area (Å²) in [6, 6.07) is 14.4. The lowest BCUT2D eigenvalue weighted by Crippen LogP contribution is -2.18. The van der Waals surface area contributed by atoms with E-state index < -0.39 is 13.2 Å². The number of aliphatic hydroxyl groups is 1. The minimum absolute atomic E-state index is 0.269. The molecule has 0 amide bonds. The van der Waals surface area contributed by atoms with Crippen LogP contribution in [-0.2, 0) is 9.09 Å². The molecule has 2 aromatic carbocycles. The van der Waals surface area contributed by atoms with Crippen LogP contribution < -0.4 is 10.2 Å². The van der Waals surface area contributed by atoms with Gasteiger partial charge in [0, 0.05) is 29.6 Å². The Labute approximate surface area is 152 Å². The van der Waals surface area contributed by atoms with E-state index in [1.807, 2.05) is 57.1 Å². The van der Waals surface area contributed by atoms with Crippen LogP contribution in [0.5, 0.6) is 0 Å². The Morgan fingerprint density at radius 1 is 1.04 bits per heavy atom. The van der Waals surface area contributed by atoms with Crippen molar-refractivity contribution in [3.05, 3.63) is 58.6 Å². The lowest BCUT2D eigenvalue weighted by molar-refractivity contribution is 0.189. The van der Waals surface area contributed by atoms with Crippen molar-refractivity contribution in [3.63, 3.8) is 0 Å². The number of rotatable bonds is 6. The third kappa shape index (κ3) is 4.28. The van der Waals surface area contributed by atoms with Gasteiger partial charge in [-0.3, -0.25) is 4.57 Å². The molecule has 2 aromatic rings. The molecule has 0 aromatic heterocycles. The number of benzene rings is 2. The Kier molecular flexibility index (Phi) is 6.27. The van der Waals surface area contributed by atoms with Crippen molar-refractivity contribution in [2.45, 2.75) is 25.8 Å². The van der Waals surface area contributed by atoms with E-state index in [1.54, 1.807) is 24.3 Å². The van der Waals surface area contributed by atoms with Crippen LogP contribution in [0.25, 0.3) is 0 Å². The third-order valence-electron chi connectivity index (χ3n) is 3.58. The monoisotopic (exact) mass is 411 g/mol. The molecule has 0 fully saturated rings. The molecule has 0 aliphatic heterocycles. The summed E-state index contributed by atoms with van der Waals surface area (Å²) in [5.74, 6) is -1.21. The Hall–Kier alpha value is -1.13. The third-order valence-corrected chi connectivity index (χ3v) is 6.81. The van der Waals surface area contributed by atoms with E-state index in [0.29, 0.717) is 10.9 Å². The van der Waals surface area contributed by atoms with Crippen LogP contribution in [0.3, 0.4) is 0 Å². The summed E-state index contributed by atoms with van der Waals surface area (Å²) in [5, 5.41) is 11.3. The minimum Gasteiger partial charge on any atom is -0.378 e. The molecule has 0 saturated heterocycles. The maximum atomic E-state index is 13.6. The van der Waals surface area contributed by atoms with E-state index in [1.165, 1.54) is 0 Å². The molecular weight excluding hydrogens is 389 g/mol. The summed E-state index contributed by atoms with van der Waals surface area (Å²) < 4.78 is 20.2. The van der Waals surface area contributed by atoms with E-state index in [2.05, 4.69) is 15.9 Å². The fourth-order valence-corrected chi connectivity index (χ4v) is 4.90. The highest BCUT2D eigenvalue weighted by Crippen LogP contribution is 2.58. The van der Waals surface area contributed by atoms with Gasteiger partial charge in [0.15, 0.2) is 5.85 Å². The first kappa shape index (κ1) is 19.2. The normalized spacial score (nSPS) is 15.1. The number of hydrogen-bond acceptors (Lipinski definition) is 4. The molecule has 0 spiro atoms. The number of anilines is 1. The average molecular weight is 412 g/mol. The van der Waals surface area contributed by atoms with Crippen LogP contribution >= 0.6 is 23.3 Å². The van der Waals surface area contributed by atoms with Gasteiger partial charge in [-0.05, 0) is 55.8 Å². The van der Waals surface area contributed by atoms with Gasteiger partial charge in [-0.2, -0.15) is 0 Å². The Balaban J connectivity index is 2.45. The first-order valence-electron chi connectivity index (χ1n) is 7.73. The van der Waals surface area contributed by atoms with Crippen molar-refractivity contribution in [1.82, 2.24) is 0 Å². The standard InChI is InChI=1S/C18H23BrNO3P/c1-13(2)23-24(22,17-11-9-16(10-12-17)20(3)4)18(21)14-5-7-15(19)8-6-14/h5-13,18,21H,1-4H3/t18-,24-/m1/s1. The molecule has 4 nitrogen and oxygen atoms in total. The zero-order valence-electron chi connectivity index (χ0n) is 14.3. The van der Waals surface area contributed by atoms with Crippen molar-refractivity contribution < 1.29 is 14.2 Å². The number of hydrogen-bond donors (Lipinski definition) is 1. The molecule has 2 atom stereocenters. The van der Waals surface area contributed by atoms with Gasteiger partial charge in [0.1, 0.15) is 0 Å². The second-order valence-electron chi connectivity index (χ2n) is 6.09. The molecule has 0 aliphatic rings. The average Bonchev–Trinajstić information content (AvgIpc) is 2.54. The second-order valence-corrected chi connectivity index (χ2v) is 9.41. The van der Waals surface area contributed by atoms with Gasteiger partial charge in [-0.15, -0.1) is 0 Å². The van der Waals surface area contributed by atoms with Gasteiger partial charge >= 0.3 is 0 Å². The van der Waals surface area contributed by atoms with Crippen molar-refractivity contribution in [2.24, 2.45) is 0 Å². The number of nitrogens with zero attached hydrogens (tertiary/aromatic N) is 1. The van der Waals surface area contributed by atoms with E-state index in [9.17, 15) is 9.67 Å². The minimum atomic E-state index is -3.48. The molecular formula is C18H23BrNO3P. The molecule has 0 radical (unpaired) electrons. The van der Waals surface area contributed by atoms with Gasteiger partial charge in [0.2, 0.25) is 0 Å². The van der Waals surface area contributed by atoms with E-state index in [0.717, 1.165) is 10.2 Å². The Bertz CT molecular complexity index is 714. The topological polar surface area (TPSA) is 49.8 Å². The number of halogens is 1. The lowest BCUT2D eigenvalue weighted by Gasteiger charge is -2.27. The van der Waals surface area contributed by atoms with Gasteiger partial charge < -0.3 is 14.5 Å². The molecule has 6 heteroatoms. The molecule has 2 rings (SSSR count). The highest BCUT2D eigenvalue weighted by Gasteiger charge is 2.37. The summed E-state index contributed by atoms with van der Waals surface area (Å²) >= 11 is 3.37. The first-order chi connectivity index (χ1) is 11.2. The largest absolute Gasteiger partial charge is 0.378 e. The maximum Gasteiger partial charge on any atom is 0.264 e. The van der Waals surface area contributed by atoms with Crippen molar-refractivity contribution in [1.29, 1.82) is 0 Å². The zero-order valence-corrected chi connectivity index (χ0v) is 16.8. The van der Waals surface area contributed by atoms with Crippen LogP contribution in [0.15, 0.2) is 53.0 Å². The predicted molar refractivity (Wildman–Crippen MR) is 103 cm³/mol. The van der Waals surface area contributed by atoms with E-state index in [-0.39, 0.29) is 6.10 Å². The zero-order chi connectivity index (χ0) is 17.9. The highest BCUT2D eigenvalue weighted by atomic mass is 79.9. The molecule has 0 unspecified atom stereocenters. The smallest absolute Gasteiger partial charge is 0.264 e. The fourth-order valence-electron chi connectivity index (χ4n) is 2.36. The van der Waals surface area contributed by atoms with Gasteiger partial charge in [-0.25, -0.2) is 0 Å². The fraction of sp³-hybridized carbons (Fsp3) is 0.333. The van der Waals surface area contributed by atoms with Gasteiger partial charge in [0.05, 0.1) is 6.10 Å². The van der Waals surface area contributed by atoms with Crippen LogP contribution in [0.2, 0.25) is 0 Å². The van der Waals surface area contributed by atoms with Crippen molar-refractivity contribution in [3.8, 4) is 0 Å².